The second kappa shape index (κ2) is 11.3. The number of nitrogens with two attached hydrogens (primary N) is 1. The van der Waals surface area contributed by atoms with Crippen LogP contribution in [0, 0.1) is 17.8 Å². The van der Waals surface area contributed by atoms with Gasteiger partial charge in [0.15, 0.2) is 5.92 Å². The number of unbranched alkanes of at least 4 members (excludes halogenated alkanes) is 3. The number of carbonyl (C=O) groups is 4. The maximum atomic E-state index is 13.3. The molecule has 1 fully saturated rings. The molecule has 1 saturated heterocycles. The molecule has 1 heterocycles. The second-order valence-electron chi connectivity index (χ2n) is 8.52. The van der Waals surface area contributed by atoms with E-state index in [1.165, 1.54) is 0 Å². The fraction of sp³-hybridized carbons (Fsp3) is 0.800. The molecule has 0 radical (unpaired) electrons. The smallest absolute Gasteiger partial charge is 0.318 e. The lowest BCUT2D eigenvalue weighted by atomic mass is 9.92. The molecule has 1 aliphatic rings. The number of carboxylic acids is 3. The zero-order valence-electron chi connectivity index (χ0n) is 17.3. The first-order valence-corrected chi connectivity index (χ1v) is 10.3. The summed E-state index contributed by atoms with van der Waals surface area (Å²) in [5, 5.41) is 30.1. The third-order valence-electron chi connectivity index (χ3n) is 5.76. The van der Waals surface area contributed by atoms with Gasteiger partial charge >= 0.3 is 17.8 Å². The molecule has 0 aromatic heterocycles. The average Bonchev–Trinajstić information content (AvgIpc) is 2.83. The van der Waals surface area contributed by atoms with Gasteiger partial charge in [0, 0.05) is 18.8 Å². The number of likely N-dealkylation sites (tertiary alicyclic amines) is 1. The molecule has 166 valence electrons. The summed E-state index contributed by atoms with van der Waals surface area (Å²) in [6.07, 6.45) is 4.15. The standard InChI is InChI=1S/C20H34N2O7/c1-13(2)11-22(12-17(23)24)15(10-16(19(26)27)20(28)29)9-14(18(22)25)7-5-3-4-6-8-21/h13-16H,3-12,21H2,1-2H3,(H2-,23,24,26,27,28,29)/t14-,15+,22?/m1/s1. The summed E-state index contributed by atoms with van der Waals surface area (Å²) >= 11 is 0. The van der Waals surface area contributed by atoms with E-state index in [1.807, 2.05) is 13.8 Å². The second-order valence-corrected chi connectivity index (χ2v) is 8.52. The van der Waals surface area contributed by atoms with E-state index in [4.69, 9.17) is 5.73 Å². The summed E-state index contributed by atoms with van der Waals surface area (Å²) in [5.74, 6) is -6.70. The van der Waals surface area contributed by atoms with E-state index in [0.717, 1.165) is 25.7 Å². The lowest BCUT2D eigenvalue weighted by Crippen LogP contribution is -2.62. The quantitative estimate of drug-likeness (QED) is 0.207. The molecular weight excluding hydrogens is 380 g/mol. The van der Waals surface area contributed by atoms with Gasteiger partial charge in [-0.25, -0.2) is 4.79 Å². The number of carboxylic acid groups (broad SMARTS) is 3. The molecule has 4 N–H and O–H groups in total. The molecule has 1 unspecified atom stereocenters. The zero-order valence-corrected chi connectivity index (χ0v) is 17.3. The van der Waals surface area contributed by atoms with Crippen molar-refractivity contribution in [3.63, 3.8) is 0 Å². The molecule has 9 heteroatoms. The van der Waals surface area contributed by atoms with Crippen molar-refractivity contribution in [2.45, 2.75) is 64.8 Å². The SMILES string of the molecule is CC(C)C[N+]1(CC(=O)[O-])C(=O)[C@H](CCCCCCN)C[C@H]1CC(C(=O)O)C(=O)O. The van der Waals surface area contributed by atoms with E-state index in [1.54, 1.807) is 0 Å². The average molecular weight is 414 g/mol. The normalized spacial score (nSPS) is 24.4. The summed E-state index contributed by atoms with van der Waals surface area (Å²) in [6.45, 7) is 3.97. The Morgan fingerprint density at radius 1 is 1.14 bits per heavy atom. The Kier molecular flexibility index (Phi) is 9.72. The van der Waals surface area contributed by atoms with E-state index in [-0.39, 0.29) is 24.8 Å². The molecule has 0 spiro atoms. The maximum absolute atomic E-state index is 13.3. The minimum absolute atomic E-state index is 0.0304. The van der Waals surface area contributed by atoms with Gasteiger partial charge in [0.2, 0.25) is 0 Å². The number of rotatable bonds is 14. The molecular formula is C20H34N2O7. The molecule has 9 nitrogen and oxygen atoms in total. The molecule has 0 aliphatic carbocycles. The highest BCUT2D eigenvalue weighted by Crippen LogP contribution is 2.39. The molecule has 29 heavy (non-hydrogen) atoms. The van der Waals surface area contributed by atoms with Gasteiger partial charge < -0.3 is 25.8 Å². The van der Waals surface area contributed by atoms with Crippen LogP contribution in [0.3, 0.4) is 0 Å². The Balaban J connectivity index is 3.13. The van der Waals surface area contributed by atoms with Gasteiger partial charge in [-0.1, -0.05) is 33.1 Å². The Hall–Kier alpha value is -2.00. The van der Waals surface area contributed by atoms with Gasteiger partial charge in [-0.3, -0.25) is 14.1 Å². The number of hydrogen-bond acceptors (Lipinski definition) is 6. The van der Waals surface area contributed by atoms with Crippen molar-refractivity contribution in [1.29, 1.82) is 0 Å². The van der Waals surface area contributed by atoms with Gasteiger partial charge in [-0.05, 0) is 19.4 Å². The third kappa shape index (κ3) is 6.78. The molecule has 0 aromatic rings. The predicted molar refractivity (Wildman–Crippen MR) is 102 cm³/mol. The summed E-state index contributed by atoms with van der Waals surface area (Å²) in [4.78, 5) is 47.6. The van der Waals surface area contributed by atoms with Gasteiger partial charge in [0.1, 0.15) is 6.54 Å². The van der Waals surface area contributed by atoms with Gasteiger partial charge in [0.25, 0.3) is 0 Å². The van der Waals surface area contributed by atoms with Crippen LogP contribution in [0.2, 0.25) is 0 Å². The van der Waals surface area contributed by atoms with E-state index >= 15 is 0 Å². The fourth-order valence-corrected chi connectivity index (χ4v) is 4.57. The van der Waals surface area contributed by atoms with Crippen molar-refractivity contribution in [3.05, 3.63) is 0 Å². The fourth-order valence-electron chi connectivity index (χ4n) is 4.57. The number of amides is 1. The Morgan fingerprint density at radius 2 is 1.72 bits per heavy atom. The van der Waals surface area contributed by atoms with Gasteiger partial charge in [-0.2, -0.15) is 0 Å². The molecule has 1 aliphatic heterocycles. The monoisotopic (exact) mass is 414 g/mol. The highest BCUT2D eigenvalue weighted by Gasteiger charge is 2.56. The van der Waals surface area contributed by atoms with Gasteiger partial charge in [0.05, 0.1) is 24.5 Å². The first-order valence-electron chi connectivity index (χ1n) is 10.3. The minimum Gasteiger partial charge on any atom is -0.544 e. The maximum Gasteiger partial charge on any atom is 0.318 e. The topological polar surface area (TPSA) is 158 Å². The van der Waals surface area contributed by atoms with Crippen LogP contribution in [-0.2, 0) is 19.2 Å². The largest absolute Gasteiger partial charge is 0.544 e. The minimum atomic E-state index is -1.68. The molecule has 0 bridgehead atoms. The van der Waals surface area contributed by atoms with Crippen LogP contribution in [0.25, 0.3) is 0 Å². The summed E-state index contributed by atoms with van der Waals surface area (Å²) < 4.78 is -0.426. The molecule has 0 saturated carbocycles. The lowest BCUT2D eigenvalue weighted by molar-refractivity contribution is -0.870. The van der Waals surface area contributed by atoms with Crippen LogP contribution >= 0.6 is 0 Å². The molecule has 3 atom stereocenters. The van der Waals surface area contributed by atoms with E-state index in [9.17, 15) is 34.5 Å². The van der Waals surface area contributed by atoms with Crippen LogP contribution in [0.5, 0.6) is 0 Å². The lowest BCUT2D eigenvalue weighted by Gasteiger charge is -2.39. The van der Waals surface area contributed by atoms with Crippen LogP contribution in [0.4, 0.5) is 0 Å². The number of quaternary nitrogens is 1. The third-order valence-corrected chi connectivity index (χ3v) is 5.76. The first kappa shape index (κ1) is 25.0. The van der Waals surface area contributed by atoms with Crippen LogP contribution < -0.4 is 10.8 Å². The first-order chi connectivity index (χ1) is 13.5. The number of hydrogen-bond donors (Lipinski definition) is 3. The Morgan fingerprint density at radius 3 is 2.21 bits per heavy atom. The van der Waals surface area contributed by atoms with Crippen molar-refractivity contribution in [1.82, 2.24) is 0 Å². The van der Waals surface area contributed by atoms with Gasteiger partial charge in [-0.15, -0.1) is 0 Å². The summed E-state index contributed by atoms with van der Waals surface area (Å²) in [6, 6.07) is -0.672. The van der Waals surface area contributed by atoms with E-state index < -0.39 is 46.8 Å². The van der Waals surface area contributed by atoms with E-state index in [2.05, 4.69) is 0 Å². The van der Waals surface area contributed by atoms with Crippen molar-refractivity contribution in [3.8, 4) is 0 Å². The van der Waals surface area contributed by atoms with Crippen molar-refractivity contribution in [2.75, 3.05) is 19.6 Å². The van der Waals surface area contributed by atoms with Crippen molar-refractivity contribution < 1.29 is 39.0 Å². The Bertz CT molecular complexity index is 594. The molecule has 1 rings (SSSR count). The molecule has 1 amide bonds. The zero-order chi connectivity index (χ0) is 22.2. The van der Waals surface area contributed by atoms with E-state index in [0.29, 0.717) is 19.4 Å². The molecule has 0 aromatic carbocycles. The number of nitrogens with zero attached hydrogens (tertiary/aromatic N) is 1. The van der Waals surface area contributed by atoms with Crippen LogP contribution in [0.15, 0.2) is 0 Å². The Labute approximate surface area is 171 Å². The van der Waals surface area contributed by atoms with Crippen LogP contribution in [-0.4, -0.2) is 64.2 Å². The number of carbonyl (C=O) groups excluding carboxylic acids is 2. The highest BCUT2D eigenvalue weighted by molar-refractivity contribution is 5.93. The predicted octanol–water partition coefficient (Wildman–Crippen LogP) is 0.209. The highest BCUT2D eigenvalue weighted by atomic mass is 16.4. The van der Waals surface area contributed by atoms with Crippen molar-refractivity contribution in [2.24, 2.45) is 23.5 Å². The number of aliphatic carboxylic acids is 3. The summed E-state index contributed by atoms with van der Waals surface area (Å²) in [7, 11) is 0. The summed E-state index contributed by atoms with van der Waals surface area (Å²) in [5.41, 5.74) is 5.48. The van der Waals surface area contributed by atoms with Crippen molar-refractivity contribution >= 4 is 23.8 Å². The van der Waals surface area contributed by atoms with Crippen LogP contribution in [0.1, 0.15) is 58.8 Å².